The van der Waals surface area contributed by atoms with Gasteiger partial charge in [0.25, 0.3) is 0 Å². The fourth-order valence-electron chi connectivity index (χ4n) is 2.52. The van der Waals surface area contributed by atoms with Crippen molar-refractivity contribution in [1.29, 1.82) is 0 Å². The molecular weight excluding hydrogens is 208 g/mol. The first-order valence-electron chi connectivity index (χ1n) is 6.72. The van der Waals surface area contributed by atoms with Crippen molar-refractivity contribution in [1.82, 2.24) is 5.32 Å². The molecule has 0 aromatic heterocycles. The molecule has 2 rings (SSSR count). The maximum atomic E-state index is 3.49. The molecule has 94 valence electrons. The van der Waals surface area contributed by atoms with E-state index >= 15 is 0 Å². The number of hydrogen-bond donors (Lipinski definition) is 1. The molecule has 1 heterocycles. The summed E-state index contributed by atoms with van der Waals surface area (Å²) in [6, 6.07) is 9.63. The van der Waals surface area contributed by atoms with E-state index in [4.69, 9.17) is 0 Å². The van der Waals surface area contributed by atoms with E-state index in [1.165, 1.54) is 17.7 Å². The molecule has 0 saturated carbocycles. The molecule has 0 radical (unpaired) electrons. The highest BCUT2D eigenvalue weighted by molar-refractivity contribution is 5.49. The summed E-state index contributed by atoms with van der Waals surface area (Å²) in [7, 11) is 0. The molecule has 1 atom stereocenters. The molecule has 2 heteroatoms. The van der Waals surface area contributed by atoms with Gasteiger partial charge in [0.05, 0.1) is 0 Å². The molecule has 1 aromatic rings. The maximum Gasteiger partial charge on any atom is 0.0369 e. The Hall–Kier alpha value is -1.02. The summed E-state index contributed by atoms with van der Waals surface area (Å²) >= 11 is 0. The second-order valence-corrected chi connectivity index (χ2v) is 5.57. The quantitative estimate of drug-likeness (QED) is 0.862. The number of piperazine rings is 1. The van der Waals surface area contributed by atoms with E-state index in [2.05, 4.69) is 55.3 Å². The van der Waals surface area contributed by atoms with Crippen LogP contribution in [0.5, 0.6) is 0 Å². The standard InChI is InChI=1S/C15H24N2/c1-12(2)9-14-5-4-6-15(10-14)17-8-7-16-13(3)11-17/h4-6,10,12-13,16H,7-9,11H2,1-3H3/t13-/m0/s1. The van der Waals surface area contributed by atoms with Crippen molar-refractivity contribution in [2.45, 2.75) is 33.2 Å². The Morgan fingerprint density at radius 1 is 1.41 bits per heavy atom. The van der Waals surface area contributed by atoms with Gasteiger partial charge in [-0.3, -0.25) is 0 Å². The number of nitrogens with one attached hydrogen (secondary N) is 1. The third-order valence-corrected chi connectivity index (χ3v) is 3.29. The van der Waals surface area contributed by atoms with Crippen LogP contribution in [-0.2, 0) is 6.42 Å². The highest BCUT2D eigenvalue weighted by Gasteiger charge is 2.15. The third kappa shape index (κ3) is 3.47. The van der Waals surface area contributed by atoms with Crippen molar-refractivity contribution in [2.24, 2.45) is 5.92 Å². The first-order chi connectivity index (χ1) is 8.15. The molecule has 0 amide bonds. The van der Waals surface area contributed by atoms with Gasteiger partial charge in [-0.15, -0.1) is 0 Å². The Labute approximate surface area is 105 Å². The summed E-state index contributed by atoms with van der Waals surface area (Å²) < 4.78 is 0. The lowest BCUT2D eigenvalue weighted by Gasteiger charge is -2.34. The van der Waals surface area contributed by atoms with E-state index in [-0.39, 0.29) is 0 Å². The topological polar surface area (TPSA) is 15.3 Å². The lowest BCUT2D eigenvalue weighted by atomic mass is 10.0. The minimum absolute atomic E-state index is 0.595. The van der Waals surface area contributed by atoms with Crippen molar-refractivity contribution in [3.63, 3.8) is 0 Å². The summed E-state index contributed by atoms with van der Waals surface area (Å²) in [5.41, 5.74) is 2.85. The molecule has 17 heavy (non-hydrogen) atoms. The lowest BCUT2D eigenvalue weighted by molar-refractivity contribution is 0.484. The molecule has 1 aliphatic heterocycles. The summed E-state index contributed by atoms with van der Waals surface area (Å²) in [5, 5.41) is 3.49. The van der Waals surface area contributed by atoms with Gasteiger partial charge in [0.2, 0.25) is 0 Å². The number of nitrogens with zero attached hydrogens (tertiary/aromatic N) is 1. The Kier molecular flexibility index (Phi) is 4.06. The van der Waals surface area contributed by atoms with Crippen molar-refractivity contribution in [3.8, 4) is 0 Å². The van der Waals surface area contributed by atoms with Crippen LogP contribution >= 0.6 is 0 Å². The van der Waals surface area contributed by atoms with E-state index in [1.807, 2.05) is 0 Å². The fraction of sp³-hybridized carbons (Fsp3) is 0.600. The summed E-state index contributed by atoms with van der Waals surface area (Å²) in [6.45, 7) is 10.1. The van der Waals surface area contributed by atoms with E-state index in [1.54, 1.807) is 0 Å². The maximum absolute atomic E-state index is 3.49. The lowest BCUT2D eigenvalue weighted by Crippen LogP contribution is -2.49. The first-order valence-corrected chi connectivity index (χ1v) is 6.72. The molecule has 0 bridgehead atoms. The van der Waals surface area contributed by atoms with Crippen LogP contribution in [0.2, 0.25) is 0 Å². The summed E-state index contributed by atoms with van der Waals surface area (Å²) in [5.74, 6) is 0.729. The highest BCUT2D eigenvalue weighted by atomic mass is 15.2. The van der Waals surface area contributed by atoms with E-state index < -0.39 is 0 Å². The van der Waals surface area contributed by atoms with Gasteiger partial charge in [0.15, 0.2) is 0 Å². The zero-order valence-corrected chi connectivity index (χ0v) is 11.2. The van der Waals surface area contributed by atoms with Crippen LogP contribution in [0.4, 0.5) is 5.69 Å². The molecule has 1 saturated heterocycles. The monoisotopic (exact) mass is 232 g/mol. The Morgan fingerprint density at radius 3 is 2.94 bits per heavy atom. The number of rotatable bonds is 3. The summed E-state index contributed by atoms with van der Waals surface area (Å²) in [6.07, 6.45) is 1.18. The first kappa shape index (κ1) is 12.4. The van der Waals surface area contributed by atoms with Crippen LogP contribution in [0, 0.1) is 5.92 Å². The smallest absolute Gasteiger partial charge is 0.0369 e. The van der Waals surface area contributed by atoms with Crippen molar-refractivity contribution >= 4 is 5.69 Å². The largest absolute Gasteiger partial charge is 0.369 e. The van der Waals surface area contributed by atoms with E-state index in [0.717, 1.165) is 25.6 Å². The Balaban J connectivity index is 2.09. The van der Waals surface area contributed by atoms with Gasteiger partial charge in [-0.2, -0.15) is 0 Å². The van der Waals surface area contributed by atoms with Gasteiger partial charge in [-0.25, -0.2) is 0 Å². The Bertz CT molecular complexity index is 360. The van der Waals surface area contributed by atoms with Crippen LogP contribution in [0.1, 0.15) is 26.3 Å². The number of benzene rings is 1. The van der Waals surface area contributed by atoms with Gasteiger partial charge in [-0.05, 0) is 37.0 Å². The normalized spacial score (nSPS) is 20.9. The average Bonchev–Trinajstić information content (AvgIpc) is 2.28. The van der Waals surface area contributed by atoms with Gasteiger partial charge in [0, 0.05) is 31.4 Å². The van der Waals surface area contributed by atoms with Crippen molar-refractivity contribution in [3.05, 3.63) is 29.8 Å². The SMILES string of the molecule is CC(C)Cc1cccc(N2CCN[C@@H](C)C2)c1. The highest BCUT2D eigenvalue weighted by Crippen LogP contribution is 2.19. The van der Waals surface area contributed by atoms with Crippen LogP contribution in [0.15, 0.2) is 24.3 Å². The van der Waals surface area contributed by atoms with Crippen LogP contribution in [0.25, 0.3) is 0 Å². The fourth-order valence-corrected chi connectivity index (χ4v) is 2.52. The predicted molar refractivity (Wildman–Crippen MR) is 74.7 cm³/mol. The van der Waals surface area contributed by atoms with Crippen molar-refractivity contribution in [2.75, 3.05) is 24.5 Å². The zero-order chi connectivity index (χ0) is 12.3. The third-order valence-electron chi connectivity index (χ3n) is 3.29. The number of hydrogen-bond acceptors (Lipinski definition) is 2. The van der Waals surface area contributed by atoms with Gasteiger partial charge in [0.1, 0.15) is 0 Å². The summed E-state index contributed by atoms with van der Waals surface area (Å²) in [4.78, 5) is 2.49. The minimum Gasteiger partial charge on any atom is -0.369 e. The average molecular weight is 232 g/mol. The van der Waals surface area contributed by atoms with Crippen LogP contribution < -0.4 is 10.2 Å². The van der Waals surface area contributed by atoms with Crippen LogP contribution in [-0.4, -0.2) is 25.7 Å². The molecule has 0 unspecified atom stereocenters. The predicted octanol–water partition coefficient (Wildman–Crippen LogP) is 2.68. The molecule has 0 spiro atoms. The van der Waals surface area contributed by atoms with Gasteiger partial charge < -0.3 is 10.2 Å². The molecule has 1 fully saturated rings. The minimum atomic E-state index is 0.595. The van der Waals surface area contributed by atoms with Gasteiger partial charge in [-0.1, -0.05) is 26.0 Å². The molecule has 0 aliphatic carbocycles. The second-order valence-electron chi connectivity index (χ2n) is 5.57. The van der Waals surface area contributed by atoms with Crippen LogP contribution in [0.3, 0.4) is 0 Å². The van der Waals surface area contributed by atoms with Gasteiger partial charge >= 0.3 is 0 Å². The Morgan fingerprint density at radius 2 is 2.24 bits per heavy atom. The molecular formula is C15H24N2. The van der Waals surface area contributed by atoms with E-state index in [9.17, 15) is 0 Å². The molecule has 2 nitrogen and oxygen atoms in total. The number of anilines is 1. The molecule has 1 aromatic carbocycles. The zero-order valence-electron chi connectivity index (χ0n) is 11.2. The molecule has 1 aliphatic rings. The second kappa shape index (κ2) is 5.54. The molecule has 1 N–H and O–H groups in total. The van der Waals surface area contributed by atoms with Crippen molar-refractivity contribution < 1.29 is 0 Å². The van der Waals surface area contributed by atoms with E-state index in [0.29, 0.717) is 6.04 Å².